The second kappa shape index (κ2) is 11.7. The van der Waals surface area contributed by atoms with Gasteiger partial charge in [-0.3, -0.25) is 0 Å². The molecule has 0 bridgehead atoms. The molecule has 0 aliphatic rings. The molecular formula is C13H30N4. The molecule has 6 N–H and O–H groups in total. The van der Waals surface area contributed by atoms with Crippen molar-refractivity contribution in [3.63, 3.8) is 0 Å². The molecule has 4 nitrogen and oxygen atoms in total. The number of rotatable bonds is 11. The Morgan fingerprint density at radius 1 is 0.882 bits per heavy atom. The second-order valence-corrected chi connectivity index (χ2v) is 4.74. The van der Waals surface area contributed by atoms with Gasteiger partial charge in [-0.2, -0.15) is 0 Å². The van der Waals surface area contributed by atoms with E-state index in [1.165, 1.54) is 51.4 Å². The fourth-order valence-electron chi connectivity index (χ4n) is 1.92. The molecule has 0 aromatic rings. The number of nitrogens with zero attached hydrogens (tertiary/aromatic N) is 1. The largest absolute Gasteiger partial charge is 0.370 e. The fourth-order valence-corrected chi connectivity index (χ4v) is 1.92. The minimum Gasteiger partial charge on any atom is -0.370 e. The van der Waals surface area contributed by atoms with Crippen LogP contribution in [0.2, 0.25) is 0 Å². The summed E-state index contributed by atoms with van der Waals surface area (Å²) < 4.78 is 0. The summed E-state index contributed by atoms with van der Waals surface area (Å²) in [7, 11) is 0. The van der Waals surface area contributed by atoms with Crippen molar-refractivity contribution in [1.82, 2.24) is 0 Å². The van der Waals surface area contributed by atoms with Crippen LogP contribution in [0, 0.1) is 0 Å². The van der Waals surface area contributed by atoms with Crippen LogP contribution in [0.15, 0.2) is 4.99 Å². The van der Waals surface area contributed by atoms with Gasteiger partial charge in [0.15, 0.2) is 5.96 Å². The van der Waals surface area contributed by atoms with Crippen LogP contribution in [-0.4, -0.2) is 12.1 Å². The summed E-state index contributed by atoms with van der Waals surface area (Å²) in [6, 6.07) is 0. The Morgan fingerprint density at radius 2 is 1.35 bits per heavy atom. The lowest BCUT2D eigenvalue weighted by Gasteiger charge is -2.06. The topological polar surface area (TPSA) is 90.4 Å². The molecule has 0 aliphatic heterocycles. The van der Waals surface area contributed by atoms with Gasteiger partial charge in [-0.15, -0.1) is 0 Å². The van der Waals surface area contributed by atoms with Gasteiger partial charge in [0.25, 0.3) is 0 Å². The van der Waals surface area contributed by atoms with E-state index in [2.05, 4.69) is 11.9 Å². The Morgan fingerprint density at radius 3 is 1.82 bits per heavy atom. The lowest BCUT2D eigenvalue weighted by Crippen LogP contribution is -2.28. The van der Waals surface area contributed by atoms with Crippen LogP contribution in [0.25, 0.3) is 0 Å². The molecule has 0 rings (SSSR count). The monoisotopic (exact) mass is 242 g/mol. The molecule has 0 saturated heterocycles. The molecule has 102 valence electrons. The number of hydrogen-bond acceptors (Lipinski definition) is 2. The number of hydrogen-bond donors (Lipinski definition) is 3. The van der Waals surface area contributed by atoms with Crippen molar-refractivity contribution in [2.24, 2.45) is 22.2 Å². The van der Waals surface area contributed by atoms with E-state index in [4.69, 9.17) is 17.2 Å². The van der Waals surface area contributed by atoms with E-state index < -0.39 is 0 Å². The molecule has 4 heteroatoms. The van der Waals surface area contributed by atoms with Crippen molar-refractivity contribution >= 4 is 5.96 Å². The molecule has 0 radical (unpaired) electrons. The van der Waals surface area contributed by atoms with Crippen LogP contribution >= 0.6 is 0 Å². The normalized spacial score (nSPS) is 12.4. The average molecular weight is 242 g/mol. The standard InChI is InChI=1S/C13H30N4/c1-2-3-4-5-6-7-8-9-10-11-12(14)17-13(15)16/h12H,2-11,14H2,1H3,(H4,15,16,17). The number of nitrogens with two attached hydrogens (primary N) is 3. The van der Waals surface area contributed by atoms with Gasteiger partial charge >= 0.3 is 0 Å². The molecule has 1 atom stereocenters. The van der Waals surface area contributed by atoms with Crippen LogP contribution in [0.4, 0.5) is 0 Å². The van der Waals surface area contributed by atoms with Gasteiger partial charge in [0.2, 0.25) is 0 Å². The van der Waals surface area contributed by atoms with E-state index in [1.807, 2.05) is 0 Å². The van der Waals surface area contributed by atoms with Crippen molar-refractivity contribution in [1.29, 1.82) is 0 Å². The van der Waals surface area contributed by atoms with Crippen LogP contribution in [0.3, 0.4) is 0 Å². The Kier molecular flexibility index (Phi) is 11.2. The van der Waals surface area contributed by atoms with Crippen molar-refractivity contribution in [2.45, 2.75) is 77.3 Å². The highest BCUT2D eigenvalue weighted by Crippen LogP contribution is 2.11. The molecule has 0 heterocycles. The first kappa shape index (κ1) is 16.2. The zero-order chi connectivity index (χ0) is 12.9. The lowest BCUT2D eigenvalue weighted by molar-refractivity contribution is 0.531. The van der Waals surface area contributed by atoms with Crippen molar-refractivity contribution in [2.75, 3.05) is 0 Å². The Hall–Kier alpha value is -0.770. The fraction of sp³-hybridized carbons (Fsp3) is 0.923. The van der Waals surface area contributed by atoms with E-state index >= 15 is 0 Å². The van der Waals surface area contributed by atoms with Crippen molar-refractivity contribution in [3.05, 3.63) is 0 Å². The van der Waals surface area contributed by atoms with Crippen molar-refractivity contribution < 1.29 is 0 Å². The van der Waals surface area contributed by atoms with Crippen LogP contribution < -0.4 is 17.2 Å². The summed E-state index contributed by atoms with van der Waals surface area (Å²) in [6.07, 6.45) is 12.5. The van der Waals surface area contributed by atoms with Gasteiger partial charge < -0.3 is 17.2 Å². The van der Waals surface area contributed by atoms with Gasteiger partial charge in [-0.05, 0) is 12.8 Å². The highest BCUT2D eigenvalue weighted by molar-refractivity contribution is 5.75. The predicted octanol–water partition coefficient (Wildman–Crippen LogP) is 2.47. The first-order valence-electron chi connectivity index (χ1n) is 7.01. The summed E-state index contributed by atoms with van der Waals surface area (Å²) in [5.74, 6) is 0.0911. The maximum atomic E-state index is 5.72. The number of unbranched alkanes of at least 4 members (excludes halogenated alkanes) is 8. The number of aliphatic imine (C=N–C) groups is 1. The van der Waals surface area contributed by atoms with Gasteiger partial charge in [-0.1, -0.05) is 58.3 Å². The summed E-state index contributed by atoms with van der Waals surface area (Å²) in [4.78, 5) is 3.90. The van der Waals surface area contributed by atoms with Crippen LogP contribution in [-0.2, 0) is 0 Å². The molecular weight excluding hydrogens is 212 g/mol. The summed E-state index contributed by atoms with van der Waals surface area (Å²) in [6.45, 7) is 2.25. The first-order chi connectivity index (χ1) is 8.16. The molecule has 17 heavy (non-hydrogen) atoms. The van der Waals surface area contributed by atoms with E-state index in [0.29, 0.717) is 0 Å². The smallest absolute Gasteiger partial charge is 0.187 e. The van der Waals surface area contributed by atoms with E-state index in [1.54, 1.807) is 0 Å². The van der Waals surface area contributed by atoms with Crippen LogP contribution in [0.1, 0.15) is 71.1 Å². The third-order valence-corrected chi connectivity index (χ3v) is 2.92. The minimum absolute atomic E-state index is 0.0911. The van der Waals surface area contributed by atoms with Gasteiger partial charge in [0.05, 0.1) is 0 Å². The molecule has 0 aromatic carbocycles. The highest BCUT2D eigenvalue weighted by Gasteiger charge is 1.99. The SMILES string of the molecule is CCCCCCCCCCCC(N)N=C(N)N. The molecule has 0 amide bonds. The predicted molar refractivity (Wildman–Crippen MR) is 75.6 cm³/mol. The molecule has 0 fully saturated rings. The average Bonchev–Trinajstić information content (AvgIpc) is 2.26. The quantitative estimate of drug-likeness (QED) is 0.295. The van der Waals surface area contributed by atoms with Gasteiger partial charge in [0.1, 0.15) is 6.17 Å². The Balaban J connectivity index is 3.16. The highest BCUT2D eigenvalue weighted by atomic mass is 15.1. The third-order valence-electron chi connectivity index (χ3n) is 2.92. The van der Waals surface area contributed by atoms with Crippen molar-refractivity contribution in [3.8, 4) is 0 Å². The third kappa shape index (κ3) is 13.2. The Bertz CT molecular complexity index is 188. The van der Waals surface area contributed by atoms with E-state index in [9.17, 15) is 0 Å². The number of guanidine groups is 1. The Labute approximate surface area is 106 Å². The molecule has 0 spiro atoms. The molecule has 0 aromatic heterocycles. The maximum Gasteiger partial charge on any atom is 0.187 e. The van der Waals surface area contributed by atoms with Gasteiger partial charge in [-0.25, -0.2) is 4.99 Å². The zero-order valence-electron chi connectivity index (χ0n) is 11.3. The first-order valence-corrected chi connectivity index (χ1v) is 7.01. The minimum atomic E-state index is -0.218. The maximum absolute atomic E-state index is 5.72. The summed E-state index contributed by atoms with van der Waals surface area (Å²) >= 11 is 0. The molecule has 0 aliphatic carbocycles. The lowest BCUT2D eigenvalue weighted by atomic mass is 10.1. The van der Waals surface area contributed by atoms with E-state index in [0.717, 1.165) is 12.8 Å². The van der Waals surface area contributed by atoms with E-state index in [-0.39, 0.29) is 12.1 Å². The second-order valence-electron chi connectivity index (χ2n) is 4.74. The molecule has 0 saturated carbocycles. The van der Waals surface area contributed by atoms with Gasteiger partial charge in [0, 0.05) is 0 Å². The summed E-state index contributed by atoms with van der Waals surface area (Å²) in [5.41, 5.74) is 16.2. The zero-order valence-corrected chi connectivity index (χ0v) is 11.3. The summed E-state index contributed by atoms with van der Waals surface area (Å²) in [5, 5.41) is 0. The molecule has 1 unspecified atom stereocenters. The van der Waals surface area contributed by atoms with Crippen LogP contribution in [0.5, 0.6) is 0 Å².